The maximum absolute atomic E-state index is 13.3. The fourth-order valence-electron chi connectivity index (χ4n) is 4.55. The number of nitrogens with zero attached hydrogens (tertiary/aromatic N) is 1. The lowest BCUT2D eigenvalue weighted by atomic mass is 9.93. The van der Waals surface area contributed by atoms with Crippen molar-refractivity contribution in [3.05, 3.63) is 94.6 Å². The number of hydrogen-bond donors (Lipinski definition) is 2. The molecular formula is C27H23NO5. The van der Waals surface area contributed by atoms with Crippen molar-refractivity contribution in [2.75, 3.05) is 11.5 Å². The quantitative estimate of drug-likeness (QED) is 0.351. The van der Waals surface area contributed by atoms with Crippen LogP contribution >= 0.6 is 0 Å². The first kappa shape index (κ1) is 20.8. The Balaban J connectivity index is 1.71. The predicted octanol–water partition coefficient (Wildman–Crippen LogP) is 4.65. The molecule has 0 aliphatic carbocycles. The van der Waals surface area contributed by atoms with Crippen molar-refractivity contribution in [2.45, 2.75) is 25.8 Å². The second-order valence-corrected chi connectivity index (χ2v) is 8.32. The molecule has 2 aliphatic rings. The summed E-state index contributed by atoms with van der Waals surface area (Å²) in [6, 6.07) is 18.1. The molecule has 0 aromatic heterocycles. The molecule has 3 aromatic carbocycles. The molecule has 5 rings (SSSR count). The largest absolute Gasteiger partial charge is 0.508 e. The molecule has 1 saturated heterocycles. The first-order chi connectivity index (χ1) is 16.0. The first-order valence-corrected chi connectivity index (χ1v) is 10.9. The third kappa shape index (κ3) is 3.53. The van der Waals surface area contributed by atoms with Gasteiger partial charge in [0.1, 0.15) is 17.3 Å². The standard InChI is InChI=1S/C27H23NO5/c1-16-5-2-3-7-21(16)28-24(17-8-11-20(29)12-9-17)23(26(31)27(28)32)25(30)19-10-13-22-18(15-19)6-4-14-33-22/h2-3,5,7-13,15,24,29-30H,4,6,14H2,1H3/b25-23-. The maximum Gasteiger partial charge on any atom is 0.300 e. The summed E-state index contributed by atoms with van der Waals surface area (Å²) in [6.45, 7) is 2.52. The zero-order valence-corrected chi connectivity index (χ0v) is 18.1. The molecule has 1 unspecified atom stereocenters. The molecular weight excluding hydrogens is 418 g/mol. The van der Waals surface area contributed by atoms with Crippen LogP contribution in [0.15, 0.2) is 72.3 Å². The molecule has 1 atom stereocenters. The monoisotopic (exact) mass is 441 g/mol. The van der Waals surface area contributed by atoms with Gasteiger partial charge in [0.05, 0.1) is 18.2 Å². The second kappa shape index (κ2) is 8.13. The Morgan fingerprint density at radius 1 is 1.03 bits per heavy atom. The number of phenols is 1. The average Bonchev–Trinajstić information content (AvgIpc) is 3.09. The van der Waals surface area contributed by atoms with Crippen LogP contribution in [0.25, 0.3) is 5.76 Å². The van der Waals surface area contributed by atoms with Crippen molar-refractivity contribution in [3.8, 4) is 11.5 Å². The van der Waals surface area contributed by atoms with Gasteiger partial charge in [-0.25, -0.2) is 0 Å². The van der Waals surface area contributed by atoms with Gasteiger partial charge in [-0.1, -0.05) is 30.3 Å². The number of benzene rings is 3. The van der Waals surface area contributed by atoms with E-state index in [0.717, 1.165) is 29.7 Å². The van der Waals surface area contributed by atoms with E-state index in [1.54, 1.807) is 36.4 Å². The van der Waals surface area contributed by atoms with Gasteiger partial charge in [-0.2, -0.15) is 0 Å². The Morgan fingerprint density at radius 2 is 1.79 bits per heavy atom. The smallest absolute Gasteiger partial charge is 0.300 e. The highest BCUT2D eigenvalue weighted by Gasteiger charge is 2.47. The number of anilines is 1. The average molecular weight is 441 g/mol. The predicted molar refractivity (Wildman–Crippen MR) is 124 cm³/mol. The highest BCUT2D eigenvalue weighted by Crippen LogP contribution is 2.43. The van der Waals surface area contributed by atoms with Gasteiger partial charge in [-0.3, -0.25) is 14.5 Å². The minimum Gasteiger partial charge on any atom is -0.508 e. The SMILES string of the molecule is Cc1ccccc1N1C(=O)C(=O)/C(=C(\O)c2ccc3c(c2)CCCO3)C1c1ccc(O)cc1. The van der Waals surface area contributed by atoms with Crippen molar-refractivity contribution >= 4 is 23.1 Å². The van der Waals surface area contributed by atoms with Crippen molar-refractivity contribution in [1.29, 1.82) is 0 Å². The molecule has 1 amide bonds. The molecule has 1 fully saturated rings. The van der Waals surface area contributed by atoms with Gasteiger partial charge in [-0.05, 0) is 72.9 Å². The van der Waals surface area contributed by atoms with Crippen LogP contribution in [0.2, 0.25) is 0 Å². The Labute approximate surface area is 191 Å². The molecule has 2 aliphatic heterocycles. The maximum atomic E-state index is 13.3. The van der Waals surface area contributed by atoms with Crippen LogP contribution in [-0.2, 0) is 16.0 Å². The highest BCUT2D eigenvalue weighted by molar-refractivity contribution is 6.51. The summed E-state index contributed by atoms with van der Waals surface area (Å²) in [6.07, 6.45) is 1.69. The summed E-state index contributed by atoms with van der Waals surface area (Å²) < 4.78 is 5.66. The van der Waals surface area contributed by atoms with E-state index in [1.807, 2.05) is 25.1 Å². The number of carbonyl (C=O) groups excluding carboxylic acids is 2. The summed E-state index contributed by atoms with van der Waals surface area (Å²) in [5.41, 5.74) is 3.47. The molecule has 6 nitrogen and oxygen atoms in total. The Kier molecular flexibility index (Phi) is 5.13. The molecule has 0 bridgehead atoms. The van der Waals surface area contributed by atoms with Gasteiger partial charge in [0, 0.05) is 11.3 Å². The number of aromatic hydroxyl groups is 1. The Bertz CT molecular complexity index is 1290. The van der Waals surface area contributed by atoms with Gasteiger partial charge in [0.2, 0.25) is 0 Å². The fourth-order valence-corrected chi connectivity index (χ4v) is 4.55. The number of amides is 1. The van der Waals surface area contributed by atoms with Gasteiger partial charge in [0.15, 0.2) is 0 Å². The van der Waals surface area contributed by atoms with Crippen LogP contribution in [-0.4, -0.2) is 28.5 Å². The molecule has 2 N–H and O–H groups in total. The van der Waals surface area contributed by atoms with E-state index in [4.69, 9.17) is 4.74 Å². The van der Waals surface area contributed by atoms with E-state index >= 15 is 0 Å². The second-order valence-electron chi connectivity index (χ2n) is 8.32. The molecule has 0 radical (unpaired) electrons. The van der Waals surface area contributed by atoms with E-state index in [2.05, 4.69) is 0 Å². The van der Waals surface area contributed by atoms with Gasteiger partial charge >= 0.3 is 0 Å². The third-order valence-electron chi connectivity index (χ3n) is 6.21. The number of ether oxygens (including phenoxy) is 1. The Hall–Kier alpha value is -4.06. The first-order valence-electron chi connectivity index (χ1n) is 10.9. The number of aliphatic hydroxyl groups is 1. The Morgan fingerprint density at radius 3 is 2.55 bits per heavy atom. The molecule has 2 heterocycles. The van der Waals surface area contributed by atoms with Crippen molar-refractivity contribution in [1.82, 2.24) is 0 Å². The van der Waals surface area contributed by atoms with E-state index < -0.39 is 17.7 Å². The van der Waals surface area contributed by atoms with Crippen molar-refractivity contribution in [2.24, 2.45) is 0 Å². The summed E-state index contributed by atoms with van der Waals surface area (Å²) >= 11 is 0. The van der Waals surface area contributed by atoms with Gasteiger partial charge in [-0.15, -0.1) is 0 Å². The number of phenolic OH excluding ortho intramolecular Hbond substituents is 1. The summed E-state index contributed by atoms with van der Waals surface area (Å²) in [5.74, 6) is -0.835. The number of aliphatic hydroxyl groups excluding tert-OH is 1. The fraction of sp³-hybridized carbons (Fsp3) is 0.185. The van der Waals surface area contributed by atoms with Gasteiger partial charge in [0.25, 0.3) is 11.7 Å². The number of hydrogen-bond acceptors (Lipinski definition) is 5. The number of para-hydroxylation sites is 1. The lowest BCUT2D eigenvalue weighted by Gasteiger charge is -2.27. The normalized spacial score (nSPS) is 19.3. The molecule has 0 saturated carbocycles. The lowest BCUT2D eigenvalue weighted by molar-refractivity contribution is -0.132. The summed E-state index contributed by atoms with van der Waals surface area (Å²) in [7, 11) is 0. The third-order valence-corrected chi connectivity index (χ3v) is 6.21. The molecule has 33 heavy (non-hydrogen) atoms. The molecule has 0 spiro atoms. The number of fused-ring (bicyclic) bond motifs is 1. The van der Waals surface area contributed by atoms with Crippen molar-refractivity contribution < 1.29 is 24.5 Å². The number of rotatable bonds is 3. The van der Waals surface area contributed by atoms with Crippen LogP contribution < -0.4 is 9.64 Å². The van der Waals surface area contributed by atoms with E-state index in [1.165, 1.54) is 17.0 Å². The van der Waals surface area contributed by atoms with Crippen LogP contribution in [0, 0.1) is 6.92 Å². The van der Waals surface area contributed by atoms with E-state index in [-0.39, 0.29) is 17.1 Å². The van der Waals surface area contributed by atoms with Crippen LogP contribution in [0.4, 0.5) is 5.69 Å². The molecule has 6 heteroatoms. The molecule has 166 valence electrons. The van der Waals surface area contributed by atoms with E-state index in [0.29, 0.717) is 23.4 Å². The summed E-state index contributed by atoms with van der Waals surface area (Å²) in [4.78, 5) is 27.9. The minimum atomic E-state index is -0.834. The van der Waals surface area contributed by atoms with Crippen LogP contribution in [0.1, 0.15) is 34.7 Å². The lowest BCUT2D eigenvalue weighted by Crippen LogP contribution is -2.30. The molecule has 3 aromatic rings. The zero-order chi connectivity index (χ0) is 23.1. The van der Waals surface area contributed by atoms with Crippen molar-refractivity contribution in [3.63, 3.8) is 0 Å². The number of Topliss-reactive ketones (excluding diaryl/α,β-unsaturated/α-hetero) is 1. The minimum absolute atomic E-state index is 0.0191. The topological polar surface area (TPSA) is 87.1 Å². The highest BCUT2D eigenvalue weighted by atomic mass is 16.5. The van der Waals surface area contributed by atoms with Crippen LogP contribution in [0.3, 0.4) is 0 Å². The number of aryl methyl sites for hydroxylation is 2. The van der Waals surface area contributed by atoms with E-state index in [9.17, 15) is 19.8 Å². The van der Waals surface area contributed by atoms with Gasteiger partial charge < -0.3 is 14.9 Å². The summed E-state index contributed by atoms with van der Waals surface area (Å²) in [5, 5.41) is 21.1. The van der Waals surface area contributed by atoms with Crippen LogP contribution in [0.5, 0.6) is 11.5 Å². The number of ketones is 1. The zero-order valence-electron chi connectivity index (χ0n) is 18.1. The number of carbonyl (C=O) groups is 2.